The molecule has 0 aliphatic rings. The minimum Gasteiger partial charge on any atom is -0.481 e. The van der Waals surface area contributed by atoms with Crippen molar-refractivity contribution in [1.82, 2.24) is 15.2 Å². The average molecular weight is 374 g/mol. The van der Waals surface area contributed by atoms with Crippen molar-refractivity contribution in [1.29, 1.82) is 0 Å². The smallest absolute Gasteiger partial charge is 0.212 e. The summed E-state index contributed by atoms with van der Waals surface area (Å²) in [6.45, 7) is 4.83. The number of methoxy groups -OCH3 is 1. The molecule has 1 aromatic heterocycles. The van der Waals surface area contributed by atoms with Gasteiger partial charge in [0.15, 0.2) is 5.96 Å². The van der Waals surface area contributed by atoms with Crippen LogP contribution in [-0.4, -0.2) is 55.3 Å². The zero-order chi connectivity index (χ0) is 20.2. The Morgan fingerprint density at radius 2 is 2.19 bits per heavy atom. The molecule has 0 amide bonds. The van der Waals surface area contributed by atoms with E-state index in [1.165, 1.54) is 0 Å². The van der Waals surface area contributed by atoms with Crippen LogP contribution in [0.15, 0.2) is 34.7 Å². The standard InChI is InChI=1S/C20H31N5O2/c1-6-16(14-26)11-12-22-19(24-20(21)25(3)4)15(2)7-8-17-9-10-18(27-5)23-13-17/h9-10,13,16,22,26H,6,11-12,14H2,1-5H3,(H2,21,24)/b19-15+. The summed E-state index contributed by atoms with van der Waals surface area (Å²) in [6, 6.07) is 3.62. The summed E-state index contributed by atoms with van der Waals surface area (Å²) >= 11 is 0. The predicted molar refractivity (Wildman–Crippen MR) is 109 cm³/mol. The van der Waals surface area contributed by atoms with E-state index in [9.17, 15) is 5.11 Å². The SMILES string of the molecule is CCC(CO)CCNC(/N=C(\N)N(C)C)=C(/C)C#Cc1ccc(OC)nc1. The molecule has 0 fully saturated rings. The van der Waals surface area contributed by atoms with Gasteiger partial charge in [-0.25, -0.2) is 4.98 Å². The largest absolute Gasteiger partial charge is 0.481 e. The molecular formula is C20H31N5O2. The number of pyridine rings is 1. The monoisotopic (exact) mass is 373 g/mol. The van der Waals surface area contributed by atoms with Gasteiger partial charge in [-0.1, -0.05) is 25.2 Å². The van der Waals surface area contributed by atoms with Gasteiger partial charge in [-0.15, -0.1) is 0 Å². The van der Waals surface area contributed by atoms with Crippen molar-refractivity contribution in [3.05, 3.63) is 35.3 Å². The first-order valence-electron chi connectivity index (χ1n) is 9.00. The Morgan fingerprint density at radius 1 is 1.44 bits per heavy atom. The number of aliphatic imine (C=N–C) groups is 1. The molecule has 0 radical (unpaired) electrons. The summed E-state index contributed by atoms with van der Waals surface area (Å²) in [7, 11) is 5.24. The number of rotatable bonds is 8. The highest BCUT2D eigenvalue weighted by atomic mass is 16.5. The van der Waals surface area contributed by atoms with Crippen molar-refractivity contribution in [3.8, 4) is 17.7 Å². The van der Waals surface area contributed by atoms with Crippen molar-refractivity contribution in [2.45, 2.75) is 26.7 Å². The van der Waals surface area contributed by atoms with Crippen molar-refractivity contribution >= 4 is 5.96 Å². The molecule has 0 saturated carbocycles. The third-order valence-electron chi connectivity index (χ3n) is 4.06. The van der Waals surface area contributed by atoms with E-state index < -0.39 is 0 Å². The van der Waals surface area contributed by atoms with Crippen LogP contribution in [0.4, 0.5) is 0 Å². The Kier molecular flexibility index (Phi) is 9.76. The zero-order valence-corrected chi connectivity index (χ0v) is 16.9. The zero-order valence-electron chi connectivity index (χ0n) is 16.9. The average Bonchev–Trinajstić information content (AvgIpc) is 2.68. The van der Waals surface area contributed by atoms with Crippen LogP contribution in [0.1, 0.15) is 32.3 Å². The number of hydrogen-bond acceptors (Lipinski definition) is 5. The van der Waals surface area contributed by atoms with Crippen LogP contribution in [0.3, 0.4) is 0 Å². The number of allylic oxidation sites excluding steroid dienone is 1. The number of guanidine groups is 1. The van der Waals surface area contributed by atoms with Gasteiger partial charge in [-0.05, 0) is 25.3 Å². The van der Waals surface area contributed by atoms with Crippen LogP contribution in [0.25, 0.3) is 0 Å². The molecule has 0 bridgehead atoms. The summed E-state index contributed by atoms with van der Waals surface area (Å²) in [5.74, 6) is 8.01. The molecule has 0 spiro atoms. The first kappa shape index (κ1) is 22.3. The number of aliphatic hydroxyl groups excluding tert-OH is 1. The molecule has 0 aromatic carbocycles. The number of hydrogen-bond donors (Lipinski definition) is 3. The Morgan fingerprint density at radius 3 is 2.70 bits per heavy atom. The highest BCUT2D eigenvalue weighted by molar-refractivity contribution is 5.78. The number of aromatic nitrogens is 1. The Bertz CT molecular complexity index is 695. The van der Waals surface area contributed by atoms with Gasteiger partial charge in [0.1, 0.15) is 5.82 Å². The number of ether oxygens (including phenoxy) is 1. The number of nitrogens with two attached hydrogens (primary N) is 1. The molecule has 0 saturated heterocycles. The number of aliphatic hydroxyl groups is 1. The minimum atomic E-state index is 0.184. The summed E-state index contributed by atoms with van der Waals surface area (Å²) < 4.78 is 5.05. The summed E-state index contributed by atoms with van der Waals surface area (Å²) in [4.78, 5) is 10.3. The van der Waals surface area contributed by atoms with E-state index in [2.05, 4.69) is 34.1 Å². The van der Waals surface area contributed by atoms with Crippen LogP contribution in [0, 0.1) is 17.8 Å². The first-order chi connectivity index (χ1) is 12.9. The lowest BCUT2D eigenvalue weighted by Crippen LogP contribution is -2.32. The third kappa shape index (κ3) is 8.01. The van der Waals surface area contributed by atoms with Crippen molar-refractivity contribution < 1.29 is 9.84 Å². The lowest BCUT2D eigenvalue weighted by molar-refractivity contribution is 0.215. The maximum Gasteiger partial charge on any atom is 0.212 e. The second kappa shape index (κ2) is 11.8. The van der Waals surface area contributed by atoms with Gasteiger partial charge in [-0.2, -0.15) is 4.99 Å². The lowest BCUT2D eigenvalue weighted by atomic mass is 10.0. The number of nitrogens with zero attached hydrogens (tertiary/aromatic N) is 3. The third-order valence-corrected chi connectivity index (χ3v) is 4.06. The molecule has 7 nitrogen and oxygen atoms in total. The second-order valence-corrected chi connectivity index (χ2v) is 6.35. The molecule has 1 heterocycles. The van der Waals surface area contributed by atoms with Gasteiger partial charge in [0.25, 0.3) is 0 Å². The van der Waals surface area contributed by atoms with Gasteiger partial charge in [-0.3, -0.25) is 0 Å². The Labute approximate surface area is 162 Å². The highest BCUT2D eigenvalue weighted by Crippen LogP contribution is 2.09. The maximum atomic E-state index is 9.34. The van der Waals surface area contributed by atoms with E-state index in [0.29, 0.717) is 24.2 Å². The van der Waals surface area contributed by atoms with E-state index in [0.717, 1.165) is 24.0 Å². The molecule has 27 heavy (non-hydrogen) atoms. The van der Waals surface area contributed by atoms with Crippen molar-refractivity contribution in [3.63, 3.8) is 0 Å². The van der Waals surface area contributed by atoms with Gasteiger partial charge >= 0.3 is 0 Å². The molecule has 1 unspecified atom stereocenters. The van der Waals surface area contributed by atoms with Crippen molar-refractivity contribution in [2.75, 3.05) is 34.4 Å². The topological polar surface area (TPSA) is 96.0 Å². The number of nitrogens with one attached hydrogen (secondary N) is 1. The molecule has 148 valence electrons. The Hall–Kier alpha value is -2.72. The van der Waals surface area contributed by atoms with E-state index in [1.54, 1.807) is 24.3 Å². The Balaban J connectivity index is 3.00. The summed E-state index contributed by atoms with van der Waals surface area (Å²) in [5.41, 5.74) is 7.52. The van der Waals surface area contributed by atoms with Gasteiger partial charge in [0, 0.05) is 50.6 Å². The molecule has 0 aliphatic heterocycles. The normalized spacial score (nSPS) is 13.2. The minimum absolute atomic E-state index is 0.184. The van der Waals surface area contributed by atoms with E-state index in [1.807, 2.05) is 27.1 Å². The first-order valence-corrected chi connectivity index (χ1v) is 9.00. The van der Waals surface area contributed by atoms with Crippen LogP contribution in [-0.2, 0) is 0 Å². The van der Waals surface area contributed by atoms with E-state index in [-0.39, 0.29) is 12.5 Å². The fourth-order valence-corrected chi connectivity index (χ4v) is 2.09. The molecule has 7 heteroatoms. The van der Waals surface area contributed by atoms with Gasteiger partial charge in [0.2, 0.25) is 5.88 Å². The quantitative estimate of drug-likeness (QED) is 0.363. The van der Waals surface area contributed by atoms with Gasteiger partial charge < -0.3 is 25.8 Å². The summed E-state index contributed by atoms with van der Waals surface area (Å²) in [5, 5.41) is 12.6. The van der Waals surface area contributed by atoms with Crippen LogP contribution >= 0.6 is 0 Å². The second-order valence-electron chi connectivity index (χ2n) is 6.35. The molecule has 0 aliphatic carbocycles. The van der Waals surface area contributed by atoms with Crippen LogP contribution in [0.5, 0.6) is 5.88 Å². The maximum absolute atomic E-state index is 9.34. The van der Waals surface area contributed by atoms with Crippen LogP contribution < -0.4 is 15.8 Å². The molecule has 1 rings (SSSR count). The summed E-state index contributed by atoms with van der Waals surface area (Å²) in [6.07, 6.45) is 3.44. The fraction of sp³-hybridized carbons (Fsp3) is 0.500. The fourth-order valence-electron chi connectivity index (χ4n) is 2.09. The molecule has 1 aromatic rings. The highest BCUT2D eigenvalue weighted by Gasteiger charge is 2.07. The molecular weight excluding hydrogens is 342 g/mol. The molecule has 1 atom stereocenters. The van der Waals surface area contributed by atoms with E-state index >= 15 is 0 Å². The lowest BCUT2D eigenvalue weighted by Gasteiger charge is -2.16. The van der Waals surface area contributed by atoms with Gasteiger partial charge in [0.05, 0.1) is 7.11 Å². The van der Waals surface area contributed by atoms with E-state index in [4.69, 9.17) is 10.5 Å². The van der Waals surface area contributed by atoms with Crippen LogP contribution in [0.2, 0.25) is 0 Å². The molecule has 4 N–H and O–H groups in total. The van der Waals surface area contributed by atoms with Crippen molar-refractivity contribution in [2.24, 2.45) is 16.6 Å². The predicted octanol–water partition coefficient (Wildman–Crippen LogP) is 1.55.